The Morgan fingerprint density at radius 1 is 0.889 bits per heavy atom. The van der Waals surface area contributed by atoms with Crippen molar-refractivity contribution in [3.05, 3.63) is 65.7 Å². The smallest absolute Gasteiger partial charge is 0.351 e. The minimum Gasteiger partial charge on any atom is -0.351 e. The van der Waals surface area contributed by atoms with E-state index in [1.54, 1.807) is 0 Å². The van der Waals surface area contributed by atoms with Gasteiger partial charge in [0, 0.05) is 18.8 Å². The maximum absolute atomic E-state index is 13.0. The van der Waals surface area contributed by atoms with E-state index in [0.29, 0.717) is 6.42 Å². The molecule has 2 atom stereocenters. The highest BCUT2D eigenvalue weighted by atomic mass is 19.4. The predicted molar refractivity (Wildman–Crippen MR) is 129 cm³/mol. The van der Waals surface area contributed by atoms with Gasteiger partial charge in [0.1, 0.15) is 6.04 Å². The molecule has 36 heavy (non-hydrogen) atoms. The molecule has 0 heterocycles. The zero-order valence-corrected chi connectivity index (χ0v) is 19.6. The Morgan fingerprint density at radius 2 is 1.56 bits per heavy atom. The minimum absolute atomic E-state index is 0.0768. The van der Waals surface area contributed by atoms with Crippen molar-refractivity contribution < 1.29 is 27.6 Å². The fraction of sp³-hybridized carbons (Fsp3) is 0.375. The van der Waals surface area contributed by atoms with Crippen LogP contribution in [-0.4, -0.2) is 48.9 Å². The van der Waals surface area contributed by atoms with Crippen LogP contribution in [0.2, 0.25) is 0 Å². The second kappa shape index (κ2) is 13.6. The van der Waals surface area contributed by atoms with Crippen LogP contribution in [0.5, 0.6) is 0 Å². The van der Waals surface area contributed by atoms with E-state index in [4.69, 9.17) is 17.2 Å². The number of aryl methyl sites for hydroxylation is 1. The Hall–Kier alpha value is -3.48. The van der Waals surface area contributed by atoms with Crippen molar-refractivity contribution in [1.82, 2.24) is 10.6 Å². The number of halogens is 3. The third-order valence-electron chi connectivity index (χ3n) is 5.33. The number of anilines is 1. The van der Waals surface area contributed by atoms with Gasteiger partial charge in [-0.3, -0.25) is 14.4 Å². The quantitative estimate of drug-likeness (QED) is 0.249. The molecule has 0 aliphatic heterocycles. The third kappa shape index (κ3) is 9.29. The monoisotopic (exact) mass is 508 g/mol. The fourth-order valence-electron chi connectivity index (χ4n) is 3.30. The predicted octanol–water partition coefficient (Wildman–Crippen LogP) is 0.881. The van der Waals surface area contributed by atoms with E-state index < -0.39 is 47.6 Å². The summed E-state index contributed by atoms with van der Waals surface area (Å²) < 4.78 is 39.1. The Morgan fingerprint density at radius 3 is 2.17 bits per heavy atom. The Balaban J connectivity index is 2.10. The molecule has 0 radical (unpaired) electrons. The summed E-state index contributed by atoms with van der Waals surface area (Å²) >= 11 is 0. The molecular weight excluding hydrogens is 477 g/mol. The lowest BCUT2D eigenvalue weighted by atomic mass is 10.0. The van der Waals surface area contributed by atoms with E-state index >= 15 is 0 Å². The van der Waals surface area contributed by atoms with Crippen LogP contribution in [0.4, 0.5) is 18.9 Å². The average molecular weight is 509 g/mol. The molecule has 12 heteroatoms. The van der Waals surface area contributed by atoms with Gasteiger partial charge >= 0.3 is 6.18 Å². The van der Waals surface area contributed by atoms with Crippen LogP contribution in [0.1, 0.15) is 24.0 Å². The maximum Gasteiger partial charge on any atom is 0.416 e. The Kier molecular flexibility index (Phi) is 10.8. The maximum atomic E-state index is 13.0. The van der Waals surface area contributed by atoms with Crippen molar-refractivity contribution in [1.29, 1.82) is 0 Å². The van der Waals surface area contributed by atoms with E-state index in [0.717, 1.165) is 17.7 Å². The number of alkyl halides is 3. The molecule has 0 unspecified atom stereocenters. The summed E-state index contributed by atoms with van der Waals surface area (Å²) in [6, 6.07) is 10.4. The van der Waals surface area contributed by atoms with Gasteiger partial charge in [0.2, 0.25) is 17.7 Å². The SMILES string of the molecule is NCC(CN)NC(=O)C[C@H](N)C(=O)N[C@@H](CCc1ccccc1)C(=O)Nc1cccc(C(F)(F)F)c1. The van der Waals surface area contributed by atoms with Crippen molar-refractivity contribution in [3.8, 4) is 0 Å². The lowest BCUT2D eigenvalue weighted by Gasteiger charge is -2.22. The number of amides is 3. The van der Waals surface area contributed by atoms with E-state index in [1.165, 1.54) is 12.1 Å². The van der Waals surface area contributed by atoms with Crippen LogP contribution >= 0.6 is 0 Å². The van der Waals surface area contributed by atoms with E-state index in [-0.39, 0.29) is 31.6 Å². The standard InChI is InChI=1S/C24H31F3N6O3/c25-24(26,27)16-7-4-8-17(11-16)32-23(36)20(10-9-15-5-2-1-3-6-15)33-22(35)19(30)12-21(34)31-18(13-28)14-29/h1-8,11,18-20H,9-10,12-14,28-30H2,(H,31,34)(H,32,36)(H,33,35)/t19-,20-/m0/s1. The number of nitrogens with one attached hydrogen (secondary N) is 3. The lowest BCUT2D eigenvalue weighted by Crippen LogP contribution is -2.52. The van der Waals surface area contributed by atoms with Gasteiger partial charge in [-0.1, -0.05) is 36.4 Å². The highest BCUT2D eigenvalue weighted by Crippen LogP contribution is 2.30. The first-order valence-corrected chi connectivity index (χ1v) is 11.3. The summed E-state index contributed by atoms with van der Waals surface area (Å²) in [4.78, 5) is 37.7. The molecule has 2 rings (SSSR count). The molecule has 0 saturated carbocycles. The van der Waals surface area contributed by atoms with Gasteiger partial charge < -0.3 is 33.2 Å². The van der Waals surface area contributed by atoms with Crippen LogP contribution in [-0.2, 0) is 27.0 Å². The topological polar surface area (TPSA) is 165 Å². The summed E-state index contributed by atoms with van der Waals surface area (Å²) in [5.41, 5.74) is 16.7. The second-order valence-corrected chi connectivity index (χ2v) is 8.20. The van der Waals surface area contributed by atoms with Crippen molar-refractivity contribution >= 4 is 23.4 Å². The van der Waals surface area contributed by atoms with Crippen LogP contribution in [0.15, 0.2) is 54.6 Å². The lowest BCUT2D eigenvalue weighted by molar-refractivity contribution is -0.137. The van der Waals surface area contributed by atoms with E-state index in [9.17, 15) is 27.6 Å². The molecule has 2 aromatic rings. The summed E-state index contributed by atoms with van der Waals surface area (Å²) in [6.07, 6.45) is -4.42. The van der Waals surface area contributed by atoms with Gasteiger partial charge in [-0.05, 0) is 36.6 Å². The molecule has 0 fully saturated rings. The second-order valence-electron chi connectivity index (χ2n) is 8.20. The van der Waals surface area contributed by atoms with Crippen LogP contribution < -0.4 is 33.2 Å². The molecule has 3 amide bonds. The number of carbonyl (C=O) groups excluding carboxylic acids is 3. The Bertz CT molecular complexity index is 1020. The van der Waals surface area contributed by atoms with Gasteiger partial charge in [0.05, 0.1) is 24.1 Å². The zero-order chi connectivity index (χ0) is 26.7. The van der Waals surface area contributed by atoms with Gasteiger partial charge in [-0.25, -0.2) is 0 Å². The first-order valence-electron chi connectivity index (χ1n) is 11.3. The van der Waals surface area contributed by atoms with Crippen molar-refractivity contribution in [2.24, 2.45) is 17.2 Å². The van der Waals surface area contributed by atoms with E-state index in [1.807, 2.05) is 30.3 Å². The molecule has 0 bridgehead atoms. The first kappa shape index (κ1) is 28.8. The van der Waals surface area contributed by atoms with Crippen molar-refractivity contribution in [2.45, 2.75) is 43.6 Å². The van der Waals surface area contributed by atoms with Crippen LogP contribution in [0, 0.1) is 0 Å². The number of hydrogen-bond acceptors (Lipinski definition) is 6. The molecule has 9 N–H and O–H groups in total. The zero-order valence-electron chi connectivity index (χ0n) is 19.6. The highest BCUT2D eigenvalue weighted by molar-refractivity contribution is 5.98. The fourth-order valence-corrected chi connectivity index (χ4v) is 3.30. The largest absolute Gasteiger partial charge is 0.416 e. The van der Waals surface area contributed by atoms with Crippen LogP contribution in [0.3, 0.4) is 0 Å². The molecule has 0 aliphatic rings. The van der Waals surface area contributed by atoms with Crippen molar-refractivity contribution in [3.63, 3.8) is 0 Å². The minimum atomic E-state index is -4.58. The summed E-state index contributed by atoms with van der Waals surface area (Å²) in [7, 11) is 0. The summed E-state index contributed by atoms with van der Waals surface area (Å²) in [6.45, 7) is 0.224. The molecule has 2 aromatic carbocycles. The summed E-state index contributed by atoms with van der Waals surface area (Å²) in [5.74, 6) is -2.02. The normalized spacial score (nSPS) is 13.1. The number of carbonyl (C=O) groups is 3. The molecule has 9 nitrogen and oxygen atoms in total. The summed E-state index contributed by atoms with van der Waals surface area (Å²) in [5, 5.41) is 7.48. The molecular formula is C24H31F3N6O3. The van der Waals surface area contributed by atoms with Crippen LogP contribution in [0.25, 0.3) is 0 Å². The number of rotatable bonds is 12. The van der Waals surface area contributed by atoms with Gasteiger partial charge in [-0.2, -0.15) is 13.2 Å². The number of benzene rings is 2. The molecule has 0 aromatic heterocycles. The average Bonchev–Trinajstić information content (AvgIpc) is 2.85. The number of hydrogen-bond donors (Lipinski definition) is 6. The molecule has 196 valence electrons. The molecule has 0 saturated heterocycles. The van der Waals surface area contributed by atoms with Gasteiger partial charge in [-0.15, -0.1) is 0 Å². The van der Waals surface area contributed by atoms with E-state index in [2.05, 4.69) is 16.0 Å². The molecule has 0 aliphatic carbocycles. The highest BCUT2D eigenvalue weighted by Gasteiger charge is 2.31. The first-order chi connectivity index (χ1) is 17.0. The Labute approximate surface area is 207 Å². The number of nitrogens with two attached hydrogens (primary N) is 3. The third-order valence-corrected chi connectivity index (χ3v) is 5.33. The van der Waals surface area contributed by atoms with Gasteiger partial charge in [0.15, 0.2) is 0 Å². The van der Waals surface area contributed by atoms with Gasteiger partial charge in [0.25, 0.3) is 0 Å². The van der Waals surface area contributed by atoms with Crippen molar-refractivity contribution in [2.75, 3.05) is 18.4 Å². The molecule has 0 spiro atoms.